The van der Waals surface area contributed by atoms with Gasteiger partial charge in [-0.2, -0.15) is 0 Å². The van der Waals surface area contributed by atoms with E-state index in [9.17, 15) is 9.59 Å². The van der Waals surface area contributed by atoms with Crippen LogP contribution in [0.4, 0.5) is 0 Å². The van der Waals surface area contributed by atoms with Crippen molar-refractivity contribution in [3.05, 3.63) is 36.2 Å². The highest BCUT2D eigenvalue weighted by atomic mass is 16.2. The third-order valence-electron chi connectivity index (χ3n) is 6.19. The molecule has 140 valence electrons. The Morgan fingerprint density at radius 2 is 1.88 bits per heavy atom. The fourth-order valence-corrected chi connectivity index (χ4v) is 5.07. The highest BCUT2D eigenvalue weighted by molar-refractivity contribution is 5.94. The summed E-state index contributed by atoms with van der Waals surface area (Å²) < 4.78 is 0. The van der Waals surface area contributed by atoms with Crippen molar-refractivity contribution in [2.45, 2.75) is 12.8 Å². The van der Waals surface area contributed by atoms with Crippen LogP contribution in [0.15, 0.2) is 30.6 Å². The minimum Gasteiger partial charge on any atom is -0.367 e. The zero-order valence-electron chi connectivity index (χ0n) is 15.6. The number of hydrogen-bond donors (Lipinski definition) is 1. The van der Waals surface area contributed by atoms with E-state index in [1.54, 1.807) is 12.4 Å². The van der Waals surface area contributed by atoms with Crippen molar-refractivity contribution in [1.82, 2.24) is 19.7 Å². The summed E-state index contributed by atoms with van der Waals surface area (Å²) in [4.78, 5) is 34.9. The molecule has 1 aliphatic carbocycles. The quantitative estimate of drug-likeness (QED) is 0.831. The average Bonchev–Trinajstić information content (AvgIpc) is 3.35. The van der Waals surface area contributed by atoms with Crippen molar-refractivity contribution >= 4 is 11.8 Å². The minimum absolute atomic E-state index is 0.0167. The van der Waals surface area contributed by atoms with Crippen molar-refractivity contribution in [3.63, 3.8) is 0 Å². The lowest BCUT2D eigenvalue weighted by atomic mass is 9.80. The van der Waals surface area contributed by atoms with Crippen LogP contribution in [0.5, 0.6) is 0 Å². The van der Waals surface area contributed by atoms with Crippen LogP contribution in [0.1, 0.15) is 23.2 Å². The van der Waals surface area contributed by atoms with Gasteiger partial charge in [-0.1, -0.05) is 12.2 Å². The predicted molar refractivity (Wildman–Crippen MR) is 99.6 cm³/mol. The van der Waals surface area contributed by atoms with Crippen LogP contribution in [0.2, 0.25) is 0 Å². The first-order valence-corrected chi connectivity index (χ1v) is 9.49. The highest BCUT2D eigenvalue weighted by Gasteiger charge is 2.55. The average molecular weight is 356 g/mol. The number of aromatic amines is 1. The summed E-state index contributed by atoms with van der Waals surface area (Å²) in [7, 11) is 4.15. The molecule has 3 aliphatic rings. The SMILES string of the molecule is CN(C)C[C@@]12CN(C(=O)c3cc[nH]c3)C[C@@H]1CN(C(=O)C1CC=CC1)C2. The maximum atomic E-state index is 12.9. The van der Waals surface area contributed by atoms with Crippen LogP contribution in [0.25, 0.3) is 0 Å². The number of hydrogen-bond acceptors (Lipinski definition) is 3. The fourth-order valence-electron chi connectivity index (χ4n) is 5.07. The molecule has 2 atom stereocenters. The van der Waals surface area contributed by atoms with Gasteiger partial charge in [-0.25, -0.2) is 0 Å². The summed E-state index contributed by atoms with van der Waals surface area (Å²) in [6.45, 7) is 3.92. The molecule has 2 amide bonds. The number of likely N-dealkylation sites (tertiary alicyclic amines) is 2. The molecule has 1 aromatic rings. The first-order valence-electron chi connectivity index (χ1n) is 9.49. The molecular formula is C20H28N4O2. The number of rotatable bonds is 4. The summed E-state index contributed by atoms with van der Waals surface area (Å²) in [6, 6.07) is 1.83. The predicted octanol–water partition coefficient (Wildman–Crippen LogP) is 1.44. The van der Waals surface area contributed by atoms with Crippen LogP contribution in [0.3, 0.4) is 0 Å². The number of allylic oxidation sites excluding steroid dienone is 2. The fraction of sp³-hybridized carbons (Fsp3) is 0.600. The molecule has 26 heavy (non-hydrogen) atoms. The molecule has 1 N–H and O–H groups in total. The van der Waals surface area contributed by atoms with Gasteiger partial charge in [0, 0.05) is 62.4 Å². The van der Waals surface area contributed by atoms with Crippen molar-refractivity contribution < 1.29 is 9.59 Å². The molecule has 6 nitrogen and oxygen atoms in total. The molecule has 0 spiro atoms. The van der Waals surface area contributed by atoms with Gasteiger partial charge in [0.05, 0.1) is 5.56 Å². The largest absolute Gasteiger partial charge is 0.367 e. The van der Waals surface area contributed by atoms with E-state index in [2.05, 4.69) is 41.0 Å². The van der Waals surface area contributed by atoms with E-state index in [1.807, 2.05) is 11.0 Å². The van der Waals surface area contributed by atoms with Gasteiger partial charge in [-0.3, -0.25) is 9.59 Å². The van der Waals surface area contributed by atoms with Crippen LogP contribution < -0.4 is 0 Å². The van der Waals surface area contributed by atoms with E-state index in [0.29, 0.717) is 11.8 Å². The molecule has 0 aromatic carbocycles. The standard InChI is InChI=1S/C20H28N4O2/c1-22(2)12-20-13-23(18(25)15-5-3-4-6-15)10-17(20)11-24(14-20)19(26)16-7-8-21-9-16/h3-4,7-9,15,17,21H,5-6,10-14H2,1-2H3/t17-,20+/m0/s1. The lowest BCUT2D eigenvalue weighted by Gasteiger charge is -2.32. The van der Waals surface area contributed by atoms with E-state index in [4.69, 9.17) is 0 Å². The van der Waals surface area contributed by atoms with Crippen LogP contribution in [0, 0.1) is 17.3 Å². The van der Waals surface area contributed by atoms with E-state index < -0.39 is 0 Å². The second kappa shape index (κ2) is 6.58. The van der Waals surface area contributed by atoms with E-state index in [-0.39, 0.29) is 17.2 Å². The Kier molecular flexibility index (Phi) is 4.39. The van der Waals surface area contributed by atoms with Gasteiger partial charge >= 0.3 is 0 Å². The minimum atomic E-state index is -0.0167. The molecule has 1 aromatic heterocycles. The van der Waals surface area contributed by atoms with Gasteiger partial charge in [0.15, 0.2) is 0 Å². The number of nitrogens with one attached hydrogen (secondary N) is 1. The molecule has 4 rings (SSSR count). The van der Waals surface area contributed by atoms with Gasteiger partial charge in [-0.15, -0.1) is 0 Å². The molecule has 0 unspecified atom stereocenters. The van der Waals surface area contributed by atoms with Crippen molar-refractivity contribution in [3.8, 4) is 0 Å². The molecule has 6 heteroatoms. The summed E-state index contributed by atoms with van der Waals surface area (Å²) >= 11 is 0. The van der Waals surface area contributed by atoms with Gasteiger partial charge in [0.2, 0.25) is 5.91 Å². The van der Waals surface area contributed by atoms with Crippen molar-refractivity contribution in [1.29, 1.82) is 0 Å². The second-order valence-electron chi connectivity index (χ2n) is 8.44. The third-order valence-corrected chi connectivity index (χ3v) is 6.19. The Bertz CT molecular complexity index is 703. The number of nitrogens with zero attached hydrogens (tertiary/aromatic N) is 3. The zero-order chi connectivity index (χ0) is 18.3. The van der Waals surface area contributed by atoms with E-state index in [1.165, 1.54) is 0 Å². The van der Waals surface area contributed by atoms with Crippen LogP contribution in [-0.4, -0.2) is 78.3 Å². The monoisotopic (exact) mass is 356 g/mol. The summed E-state index contributed by atoms with van der Waals surface area (Å²) in [5, 5.41) is 0. The number of carbonyl (C=O) groups is 2. The topological polar surface area (TPSA) is 59.7 Å². The van der Waals surface area contributed by atoms with Gasteiger partial charge in [0.25, 0.3) is 5.91 Å². The Morgan fingerprint density at radius 3 is 2.54 bits per heavy atom. The Morgan fingerprint density at radius 1 is 1.19 bits per heavy atom. The van der Waals surface area contributed by atoms with Crippen molar-refractivity contribution in [2.24, 2.45) is 17.3 Å². The summed E-state index contributed by atoms with van der Waals surface area (Å²) in [5.41, 5.74) is 0.701. The lowest BCUT2D eigenvalue weighted by molar-refractivity contribution is -0.134. The first-order chi connectivity index (χ1) is 12.5. The molecule has 0 radical (unpaired) electrons. The second-order valence-corrected chi connectivity index (χ2v) is 8.44. The van der Waals surface area contributed by atoms with E-state index in [0.717, 1.165) is 51.1 Å². The Balaban J connectivity index is 1.50. The smallest absolute Gasteiger partial charge is 0.255 e. The zero-order valence-corrected chi connectivity index (χ0v) is 15.6. The van der Waals surface area contributed by atoms with Gasteiger partial charge in [0.1, 0.15) is 0 Å². The maximum Gasteiger partial charge on any atom is 0.255 e. The van der Waals surface area contributed by atoms with Crippen LogP contribution >= 0.6 is 0 Å². The molecule has 2 aliphatic heterocycles. The molecule has 0 saturated carbocycles. The van der Waals surface area contributed by atoms with Crippen molar-refractivity contribution in [2.75, 3.05) is 46.8 Å². The maximum absolute atomic E-state index is 12.9. The lowest BCUT2D eigenvalue weighted by Crippen LogP contribution is -2.44. The number of aromatic nitrogens is 1. The Hall–Kier alpha value is -2.08. The third kappa shape index (κ3) is 2.96. The molecule has 0 bridgehead atoms. The van der Waals surface area contributed by atoms with Crippen LogP contribution in [-0.2, 0) is 4.79 Å². The number of carbonyl (C=O) groups excluding carboxylic acids is 2. The molecule has 3 heterocycles. The number of fused-ring (bicyclic) bond motifs is 1. The summed E-state index contributed by atoms with van der Waals surface area (Å²) in [6.07, 6.45) is 9.53. The normalized spacial score (nSPS) is 28.3. The van der Waals surface area contributed by atoms with E-state index >= 15 is 0 Å². The molecular weight excluding hydrogens is 328 g/mol. The first kappa shape index (κ1) is 17.3. The Labute approximate surface area is 154 Å². The van der Waals surface area contributed by atoms with Gasteiger partial charge < -0.3 is 19.7 Å². The molecule has 2 saturated heterocycles. The number of amides is 2. The van der Waals surface area contributed by atoms with Gasteiger partial charge in [-0.05, 0) is 33.0 Å². The summed E-state index contributed by atoms with van der Waals surface area (Å²) in [5.74, 6) is 0.872. The molecule has 2 fully saturated rings. The number of H-pyrrole nitrogens is 1. The highest BCUT2D eigenvalue weighted by Crippen LogP contribution is 2.44.